The normalized spacial score (nSPS) is 13.4. The van der Waals surface area contributed by atoms with E-state index in [-0.39, 0.29) is 10.8 Å². The van der Waals surface area contributed by atoms with E-state index in [9.17, 15) is 8.42 Å². The molecular formula is C12H13BrN2O3S. The highest BCUT2D eigenvalue weighted by Gasteiger charge is 2.29. The highest BCUT2D eigenvalue weighted by atomic mass is 79.9. The maximum atomic E-state index is 12.4. The summed E-state index contributed by atoms with van der Waals surface area (Å²) in [5, 5.41) is 6.72. The highest BCUT2D eigenvalue weighted by Crippen LogP contribution is 2.28. The third kappa shape index (κ3) is 2.87. The largest absolute Gasteiger partial charge is 0.424 e. The summed E-state index contributed by atoms with van der Waals surface area (Å²) >= 11 is 3.27. The Kier molecular flexibility index (Phi) is 4.05. The molecule has 0 aliphatic rings. The number of hydrogen-bond donors (Lipinski definition) is 0. The molecule has 1 atom stereocenters. The van der Waals surface area contributed by atoms with Gasteiger partial charge in [-0.15, -0.1) is 10.2 Å². The van der Waals surface area contributed by atoms with E-state index in [1.54, 1.807) is 31.2 Å². The first kappa shape index (κ1) is 14.2. The Morgan fingerprint density at radius 2 is 1.89 bits per heavy atom. The molecule has 0 N–H and O–H groups in total. The van der Waals surface area contributed by atoms with Crippen molar-refractivity contribution < 1.29 is 12.8 Å². The lowest BCUT2D eigenvalue weighted by atomic mass is 10.4. The lowest BCUT2D eigenvalue weighted by Gasteiger charge is -2.09. The van der Waals surface area contributed by atoms with E-state index in [1.165, 1.54) is 0 Å². The molecule has 102 valence electrons. The van der Waals surface area contributed by atoms with Crippen LogP contribution in [0.1, 0.15) is 30.9 Å². The maximum absolute atomic E-state index is 12.4. The number of benzene rings is 1. The van der Waals surface area contributed by atoms with Crippen LogP contribution in [0.5, 0.6) is 0 Å². The van der Waals surface area contributed by atoms with Gasteiger partial charge in [0.25, 0.3) is 0 Å². The van der Waals surface area contributed by atoms with Gasteiger partial charge in [-0.25, -0.2) is 8.42 Å². The Bertz CT molecular complexity index is 665. The second kappa shape index (κ2) is 5.42. The Morgan fingerprint density at radius 3 is 2.42 bits per heavy atom. The molecule has 1 aromatic carbocycles. The lowest BCUT2D eigenvalue weighted by Crippen LogP contribution is -2.11. The first-order chi connectivity index (χ1) is 8.95. The molecule has 0 spiro atoms. The summed E-state index contributed by atoms with van der Waals surface area (Å²) in [5.41, 5.74) is 0. The summed E-state index contributed by atoms with van der Waals surface area (Å²) in [6, 6.07) is 6.47. The smallest absolute Gasteiger partial charge is 0.234 e. The zero-order valence-corrected chi connectivity index (χ0v) is 12.9. The van der Waals surface area contributed by atoms with Gasteiger partial charge in [-0.1, -0.05) is 22.9 Å². The second-order valence-corrected chi connectivity index (χ2v) is 7.21. The monoisotopic (exact) mass is 344 g/mol. The molecule has 0 bridgehead atoms. The van der Waals surface area contributed by atoms with Gasteiger partial charge in [0.05, 0.1) is 4.90 Å². The average Bonchev–Trinajstić information content (AvgIpc) is 2.87. The summed E-state index contributed by atoms with van der Waals surface area (Å²) < 4.78 is 30.9. The van der Waals surface area contributed by atoms with Gasteiger partial charge in [0.2, 0.25) is 11.8 Å². The fraction of sp³-hybridized carbons (Fsp3) is 0.333. The molecule has 1 heterocycles. The van der Waals surface area contributed by atoms with Crippen molar-refractivity contribution in [1.29, 1.82) is 0 Å². The van der Waals surface area contributed by atoms with E-state index < -0.39 is 15.1 Å². The first-order valence-corrected chi connectivity index (χ1v) is 8.10. The molecule has 7 heteroatoms. The van der Waals surface area contributed by atoms with Gasteiger partial charge in [-0.3, -0.25) is 0 Å². The van der Waals surface area contributed by atoms with Crippen molar-refractivity contribution in [3.05, 3.63) is 40.5 Å². The minimum atomic E-state index is -3.52. The minimum Gasteiger partial charge on any atom is -0.424 e. The molecule has 0 aliphatic heterocycles. The number of sulfone groups is 1. The average molecular weight is 345 g/mol. The Balaban J connectivity index is 2.36. The Hall–Kier alpha value is -1.21. The second-order valence-electron chi connectivity index (χ2n) is 4.03. The summed E-state index contributed by atoms with van der Waals surface area (Å²) in [6.07, 6.45) is 0.581. The van der Waals surface area contributed by atoms with Gasteiger partial charge in [0, 0.05) is 10.9 Å². The zero-order chi connectivity index (χ0) is 14.0. The van der Waals surface area contributed by atoms with Crippen molar-refractivity contribution in [2.75, 3.05) is 0 Å². The number of aromatic nitrogens is 2. The van der Waals surface area contributed by atoms with Gasteiger partial charge < -0.3 is 4.42 Å². The van der Waals surface area contributed by atoms with Crippen LogP contribution in [0.3, 0.4) is 0 Å². The standard InChI is InChI=1S/C12H13BrN2O3S/c1-3-11-14-15-12(18-11)8(2)19(16,17)10-6-4-9(13)5-7-10/h4-8H,3H2,1-2H3. The molecular weight excluding hydrogens is 332 g/mol. The molecule has 0 amide bonds. The van der Waals surface area contributed by atoms with Crippen LogP contribution >= 0.6 is 15.9 Å². The van der Waals surface area contributed by atoms with Crippen LogP contribution in [-0.2, 0) is 16.3 Å². The van der Waals surface area contributed by atoms with E-state index in [0.29, 0.717) is 12.3 Å². The number of hydrogen-bond acceptors (Lipinski definition) is 5. The number of rotatable bonds is 4. The van der Waals surface area contributed by atoms with Crippen LogP contribution in [0.25, 0.3) is 0 Å². The third-order valence-corrected chi connectivity index (χ3v) is 5.33. The molecule has 0 radical (unpaired) electrons. The molecule has 1 unspecified atom stereocenters. The summed E-state index contributed by atoms with van der Waals surface area (Å²) in [7, 11) is -3.52. The highest BCUT2D eigenvalue weighted by molar-refractivity contribution is 9.10. The van der Waals surface area contributed by atoms with Crippen LogP contribution in [0.2, 0.25) is 0 Å². The van der Waals surface area contributed by atoms with Crippen molar-refractivity contribution in [1.82, 2.24) is 10.2 Å². The van der Waals surface area contributed by atoms with E-state index >= 15 is 0 Å². The fourth-order valence-corrected chi connectivity index (χ4v) is 3.08. The molecule has 1 aromatic heterocycles. The SMILES string of the molecule is CCc1nnc(C(C)S(=O)(=O)c2ccc(Br)cc2)o1. The number of nitrogens with zero attached hydrogens (tertiary/aromatic N) is 2. The van der Waals surface area contributed by atoms with Gasteiger partial charge in [0.1, 0.15) is 5.25 Å². The molecule has 5 nitrogen and oxygen atoms in total. The predicted molar refractivity (Wildman–Crippen MR) is 73.4 cm³/mol. The van der Waals surface area contributed by atoms with Crippen LogP contribution in [0, 0.1) is 0 Å². The lowest BCUT2D eigenvalue weighted by molar-refractivity contribution is 0.449. The molecule has 0 saturated heterocycles. The summed E-state index contributed by atoms with van der Waals surface area (Å²) in [4.78, 5) is 0.236. The fourth-order valence-electron chi connectivity index (χ4n) is 1.53. The van der Waals surface area contributed by atoms with Crippen molar-refractivity contribution in [3.63, 3.8) is 0 Å². The van der Waals surface area contributed by atoms with E-state index in [4.69, 9.17) is 4.42 Å². The number of aryl methyl sites for hydroxylation is 1. The van der Waals surface area contributed by atoms with E-state index in [1.807, 2.05) is 6.92 Å². The van der Waals surface area contributed by atoms with Gasteiger partial charge in [0.15, 0.2) is 9.84 Å². The first-order valence-electron chi connectivity index (χ1n) is 5.77. The van der Waals surface area contributed by atoms with Crippen molar-refractivity contribution in [2.45, 2.75) is 30.4 Å². The predicted octanol–water partition coefficient (Wildman–Crippen LogP) is 2.93. The Morgan fingerprint density at radius 1 is 1.26 bits per heavy atom. The number of halogens is 1. The van der Waals surface area contributed by atoms with E-state index in [0.717, 1.165) is 4.47 Å². The molecule has 2 aromatic rings. The van der Waals surface area contributed by atoms with Crippen molar-refractivity contribution in [3.8, 4) is 0 Å². The van der Waals surface area contributed by atoms with Crippen LogP contribution in [0.15, 0.2) is 38.1 Å². The zero-order valence-electron chi connectivity index (χ0n) is 10.5. The third-order valence-electron chi connectivity index (χ3n) is 2.74. The molecule has 0 fully saturated rings. The van der Waals surface area contributed by atoms with Crippen LogP contribution < -0.4 is 0 Å². The molecule has 0 aliphatic carbocycles. The molecule has 2 rings (SSSR count). The summed E-state index contributed by atoms with van der Waals surface area (Å²) in [5.74, 6) is 0.563. The van der Waals surface area contributed by atoms with Crippen molar-refractivity contribution >= 4 is 25.8 Å². The minimum absolute atomic E-state index is 0.125. The quantitative estimate of drug-likeness (QED) is 0.852. The Labute approximate surface area is 120 Å². The van der Waals surface area contributed by atoms with Gasteiger partial charge in [-0.05, 0) is 31.2 Å². The summed E-state index contributed by atoms with van der Waals surface area (Å²) in [6.45, 7) is 3.41. The van der Waals surface area contributed by atoms with E-state index in [2.05, 4.69) is 26.1 Å². The van der Waals surface area contributed by atoms with Gasteiger partial charge in [-0.2, -0.15) is 0 Å². The van der Waals surface area contributed by atoms with Crippen molar-refractivity contribution in [2.24, 2.45) is 0 Å². The topological polar surface area (TPSA) is 73.1 Å². The van der Waals surface area contributed by atoms with Gasteiger partial charge >= 0.3 is 0 Å². The molecule has 0 saturated carbocycles. The van der Waals surface area contributed by atoms with Crippen LogP contribution in [0.4, 0.5) is 0 Å². The molecule has 19 heavy (non-hydrogen) atoms. The van der Waals surface area contributed by atoms with Crippen LogP contribution in [-0.4, -0.2) is 18.6 Å². The maximum Gasteiger partial charge on any atom is 0.234 e.